The van der Waals surface area contributed by atoms with Crippen LogP contribution >= 0.6 is 0 Å². The first kappa shape index (κ1) is 17.6. The van der Waals surface area contributed by atoms with E-state index in [1.807, 2.05) is 0 Å². The van der Waals surface area contributed by atoms with Crippen LogP contribution in [0.5, 0.6) is 0 Å². The number of carbonyl (C=O) groups excluding carboxylic acids is 1. The summed E-state index contributed by atoms with van der Waals surface area (Å²) >= 11 is 0. The highest BCUT2D eigenvalue weighted by molar-refractivity contribution is 5.90. The van der Waals surface area contributed by atoms with Gasteiger partial charge in [-0.2, -0.15) is 13.2 Å². The van der Waals surface area contributed by atoms with Crippen molar-refractivity contribution in [2.24, 2.45) is 28.6 Å². The van der Waals surface area contributed by atoms with Crippen LogP contribution in [0.25, 0.3) is 0 Å². The minimum atomic E-state index is -4.38. The molecule has 1 aliphatic rings. The number of halogens is 3. The van der Waals surface area contributed by atoms with E-state index in [2.05, 4.69) is 10.5 Å². The van der Waals surface area contributed by atoms with Gasteiger partial charge >= 0.3 is 6.18 Å². The molecule has 0 spiro atoms. The number of nitrogens with zero attached hydrogens (tertiary/aromatic N) is 1. The smallest absolute Gasteiger partial charge is 0.392 e. The number of nitrogens with one attached hydrogen (secondary N) is 1. The molecule has 0 aromatic carbocycles. The van der Waals surface area contributed by atoms with Crippen LogP contribution in [0.4, 0.5) is 13.2 Å². The van der Waals surface area contributed by atoms with Crippen LogP contribution in [0.15, 0.2) is 5.16 Å². The first-order chi connectivity index (χ1) is 9.68. The van der Waals surface area contributed by atoms with Crippen molar-refractivity contribution in [1.82, 2.24) is 5.32 Å². The van der Waals surface area contributed by atoms with Gasteiger partial charge in [0, 0.05) is 5.92 Å². The van der Waals surface area contributed by atoms with E-state index in [0.717, 1.165) is 0 Å². The van der Waals surface area contributed by atoms with Crippen LogP contribution in [0.2, 0.25) is 0 Å². The molecule has 0 aromatic heterocycles. The summed E-state index contributed by atoms with van der Waals surface area (Å²) < 4.78 is 39.0. The maximum absolute atomic E-state index is 13.0. The van der Waals surface area contributed by atoms with Crippen molar-refractivity contribution in [2.45, 2.75) is 51.7 Å². The van der Waals surface area contributed by atoms with Crippen molar-refractivity contribution < 1.29 is 23.2 Å². The zero-order valence-electron chi connectivity index (χ0n) is 12.2. The molecule has 1 saturated carbocycles. The van der Waals surface area contributed by atoms with E-state index >= 15 is 0 Å². The summed E-state index contributed by atoms with van der Waals surface area (Å²) in [7, 11) is 0. The van der Waals surface area contributed by atoms with Gasteiger partial charge in [-0.25, -0.2) is 0 Å². The number of carbonyl (C=O) groups is 1. The van der Waals surface area contributed by atoms with Crippen molar-refractivity contribution in [3.8, 4) is 0 Å². The lowest BCUT2D eigenvalue weighted by atomic mass is 9.78. The topological polar surface area (TPSA) is 87.7 Å². The Balaban J connectivity index is 2.84. The fourth-order valence-electron chi connectivity index (χ4n) is 2.74. The first-order valence-corrected chi connectivity index (χ1v) is 7.03. The van der Waals surface area contributed by atoms with Crippen LogP contribution in [0.1, 0.15) is 39.5 Å². The molecular formula is C13H22F3N3O2. The quantitative estimate of drug-likeness (QED) is 0.322. The van der Waals surface area contributed by atoms with Gasteiger partial charge in [-0.1, -0.05) is 31.8 Å². The number of amides is 1. The molecule has 1 aliphatic carbocycles. The Morgan fingerprint density at radius 3 is 2.38 bits per heavy atom. The van der Waals surface area contributed by atoms with Crippen LogP contribution < -0.4 is 11.1 Å². The van der Waals surface area contributed by atoms with Gasteiger partial charge in [-0.3, -0.25) is 4.79 Å². The summed E-state index contributed by atoms with van der Waals surface area (Å²) in [5.74, 6) is -3.81. The first-order valence-electron chi connectivity index (χ1n) is 7.03. The lowest BCUT2D eigenvalue weighted by Crippen LogP contribution is -2.52. The number of hydrogen-bond donors (Lipinski definition) is 3. The van der Waals surface area contributed by atoms with Crippen molar-refractivity contribution in [1.29, 1.82) is 0 Å². The van der Waals surface area contributed by atoms with E-state index in [0.29, 0.717) is 12.8 Å². The average Bonchev–Trinajstić information content (AvgIpc) is 2.42. The van der Waals surface area contributed by atoms with E-state index in [9.17, 15) is 18.0 Å². The van der Waals surface area contributed by atoms with Crippen molar-refractivity contribution in [3.63, 3.8) is 0 Å². The number of hydrogen-bond acceptors (Lipinski definition) is 3. The van der Waals surface area contributed by atoms with Gasteiger partial charge in [0.2, 0.25) is 5.91 Å². The standard InChI is InChI=1S/C13H22F3N3O2/c1-7(2)10(11(17)19-21)18-12(20)8-5-3-4-6-9(8)13(14,15)16/h7-10,21H,3-6H2,1-2H3,(H2,17,19)(H,18,20). The van der Waals surface area contributed by atoms with Crippen LogP contribution in [0.3, 0.4) is 0 Å². The SMILES string of the molecule is CC(C)C(NC(=O)C1CCCCC1C(F)(F)F)C(N)=NO. The summed E-state index contributed by atoms with van der Waals surface area (Å²) in [5.41, 5.74) is 5.48. The molecule has 122 valence electrons. The number of rotatable bonds is 4. The highest BCUT2D eigenvalue weighted by Gasteiger charge is 2.48. The Hall–Kier alpha value is -1.47. The number of alkyl halides is 3. The molecule has 1 rings (SSSR count). The van der Waals surface area contributed by atoms with E-state index in [4.69, 9.17) is 10.9 Å². The molecule has 0 heterocycles. The Morgan fingerprint density at radius 2 is 1.90 bits per heavy atom. The normalized spacial score (nSPS) is 25.7. The molecule has 0 saturated heterocycles. The summed E-state index contributed by atoms with van der Waals surface area (Å²) in [6.07, 6.45) is -3.14. The van der Waals surface area contributed by atoms with Crippen molar-refractivity contribution in [2.75, 3.05) is 0 Å². The Morgan fingerprint density at radius 1 is 1.33 bits per heavy atom. The molecule has 3 unspecified atom stereocenters. The second-order valence-corrected chi connectivity index (χ2v) is 5.79. The second kappa shape index (κ2) is 7.00. The second-order valence-electron chi connectivity index (χ2n) is 5.79. The number of oxime groups is 1. The minimum Gasteiger partial charge on any atom is -0.409 e. The summed E-state index contributed by atoms with van der Waals surface area (Å²) in [6, 6.07) is -0.779. The molecule has 5 nitrogen and oxygen atoms in total. The van der Waals surface area contributed by atoms with Crippen molar-refractivity contribution >= 4 is 11.7 Å². The van der Waals surface area contributed by atoms with E-state index < -0.39 is 30.0 Å². The number of amidine groups is 1. The highest BCUT2D eigenvalue weighted by Crippen LogP contribution is 2.41. The molecular weight excluding hydrogens is 287 g/mol. The lowest BCUT2D eigenvalue weighted by Gasteiger charge is -2.33. The zero-order chi connectivity index (χ0) is 16.2. The number of nitrogens with two attached hydrogens (primary N) is 1. The average molecular weight is 309 g/mol. The maximum Gasteiger partial charge on any atom is 0.392 e. The van der Waals surface area contributed by atoms with Crippen LogP contribution in [-0.2, 0) is 4.79 Å². The van der Waals surface area contributed by atoms with Gasteiger partial charge in [-0.15, -0.1) is 0 Å². The molecule has 1 amide bonds. The summed E-state index contributed by atoms with van der Waals surface area (Å²) in [5, 5.41) is 14.0. The molecule has 0 radical (unpaired) electrons. The van der Waals surface area contributed by atoms with E-state index in [1.54, 1.807) is 13.8 Å². The highest BCUT2D eigenvalue weighted by atomic mass is 19.4. The third kappa shape index (κ3) is 4.50. The predicted molar refractivity (Wildman–Crippen MR) is 71.7 cm³/mol. The largest absolute Gasteiger partial charge is 0.409 e. The molecule has 0 aliphatic heterocycles. The fraction of sp³-hybridized carbons (Fsp3) is 0.846. The van der Waals surface area contributed by atoms with Crippen LogP contribution in [0, 0.1) is 17.8 Å². The Labute approximate surface area is 121 Å². The molecule has 1 fully saturated rings. The molecule has 8 heteroatoms. The molecule has 0 aromatic rings. The maximum atomic E-state index is 13.0. The van der Waals surface area contributed by atoms with Gasteiger partial charge in [0.25, 0.3) is 0 Å². The van der Waals surface area contributed by atoms with Crippen LogP contribution in [-0.4, -0.2) is 29.2 Å². The monoisotopic (exact) mass is 309 g/mol. The van der Waals surface area contributed by atoms with Gasteiger partial charge in [0.05, 0.1) is 12.0 Å². The van der Waals surface area contributed by atoms with Gasteiger partial charge in [-0.05, 0) is 18.8 Å². The molecule has 4 N–H and O–H groups in total. The predicted octanol–water partition coefficient (Wildman–Crippen LogP) is 2.24. The summed E-state index contributed by atoms with van der Waals surface area (Å²) in [6.45, 7) is 3.45. The zero-order valence-corrected chi connectivity index (χ0v) is 12.2. The van der Waals surface area contributed by atoms with E-state index in [-0.39, 0.29) is 24.6 Å². The van der Waals surface area contributed by atoms with Gasteiger partial charge in [0.15, 0.2) is 5.84 Å². The van der Waals surface area contributed by atoms with Gasteiger partial charge in [0.1, 0.15) is 0 Å². The minimum absolute atomic E-state index is 0.0303. The Kier molecular flexibility index (Phi) is 5.86. The molecule has 0 bridgehead atoms. The summed E-state index contributed by atoms with van der Waals surface area (Å²) in [4.78, 5) is 12.2. The third-order valence-corrected chi connectivity index (χ3v) is 3.92. The molecule has 3 atom stereocenters. The molecule has 21 heavy (non-hydrogen) atoms. The van der Waals surface area contributed by atoms with Crippen molar-refractivity contribution in [3.05, 3.63) is 0 Å². The lowest BCUT2D eigenvalue weighted by molar-refractivity contribution is -0.198. The Bertz CT molecular complexity index is 397. The van der Waals surface area contributed by atoms with E-state index in [1.165, 1.54) is 0 Å². The van der Waals surface area contributed by atoms with Gasteiger partial charge < -0.3 is 16.3 Å². The third-order valence-electron chi connectivity index (χ3n) is 3.92. The fourth-order valence-corrected chi connectivity index (χ4v) is 2.74.